The average Bonchev–Trinajstić information content (AvgIpc) is 1.25. The predicted molar refractivity (Wildman–Crippen MR) is 16.6 cm³/mol. The summed E-state index contributed by atoms with van der Waals surface area (Å²) >= 11 is 0. The second kappa shape index (κ2) is 22.5. The second-order valence-corrected chi connectivity index (χ2v) is 1.14. The zero-order chi connectivity index (χ0) is 7.15. The summed E-state index contributed by atoms with van der Waals surface area (Å²) in [6.07, 6.45) is 0. The summed E-state index contributed by atoms with van der Waals surface area (Å²) in [6, 6.07) is 0. The van der Waals surface area contributed by atoms with Gasteiger partial charge in [-0.25, -0.2) is 0 Å². The number of hydrogen-bond acceptors (Lipinski definition) is 4. The van der Waals surface area contributed by atoms with Crippen LogP contribution in [0.1, 0.15) is 0 Å². The minimum Gasteiger partial charge on any atom is -0.907 e. The smallest absolute Gasteiger partial charge is 0.907 e. The largest absolute Gasteiger partial charge is 1.00 e. The van der Waals surface area contributed by atoms with Crippen molar-refractivity contribution in [3.8, 4) is 0 Å². The quantitative estimate of drug-likeness (QED) is 0.336. The summed E-state index contributed by atoms with van der Waals surface area (Å²) in [5, 5.41) is 25.2. The molecule has 0 bridgehead atoms. The van der Waals surface area contributed by atoms with E-state index in [9.17, 15) is 0 Å². The average molecular weight is 158 g/mol. The van der Waals surface area contributed by atoms with Gasteiger partial charge in [-0.15, -0.1) is 0 Å². The zero-order valence-electron chi connectivity index (χ0n) is 6.60. The number of rotatable bonds is 0. The maximum absolute atomic E-state index is 8.74. The molecular weight excluding hydrogens is 156 g/mol. The normalized spacial score (nSPS) is 4.64. The summed E-state index contributed by atoms with van der Waals surface area (Å²) < 4.78 is 8.74. The molecule has 0 heterocycles. The third kappa shape index (κ3) is 542. The first kappa shape index (κ1) is 29.4. The standard InChI is InChI=1S/BO3.3Li.H2O3Si/c2-1(3)4;;;;1-4(2)3/h;;;;1-2H/q-3;3*+1;. The molecule has 0 spiro atoms. The van der Waals surface area contributed by atoms with Crippen molar-refractivity contribution in [3.05, 3.63) is 0 Å². The van der Waals surface area contributed by atoms with Crippen LogP contribution < -0.4 is 71.7 Å². The van der Waals surface area contributed by atoms with E-state index in [1.807, 2.05) is 0 Å². The summed E-state index contributed by atoms with van der Waals surface area (Å²) in [7, 11) is -6.05. The van der Waals surface area contributed by atoms with Crippen LogP contribution in [0.2, 0.25) is 0 Å². The molecule has 0 saturated heterocycles. The molecule has 0 aromatic rings. The van der Waals surface area contributed by atoms with Crippen molar-refractivity contribution in [2.24, 2.45) is 0 Å². The summed E-state index contributed by atoms with van der Waals surface area (Å²) in [5.74, 6) is 0. The molecule has 0 unspecified atom stereocenters. The van der Waals surface area contributed by atoms with Gasteiger partial charge in [0.05, 0.1) is 0 Å². The van der Waals surface area contributed by atoms with E-state index in [1.165, 1.54) is 0 Å². The summed E-state index contributed by atoms with van der Waals surface area (Å²) in [5.41, 5.74) is 0. The Morgan fingerprint density at radius 2 is 1.00 bits per heavy atom. The summed E-state index contributed by atoms with van der Waals surface area (Å²) in [4.78, 5) is 14.3. The van der Waals surface area contributed by atoms with Crippen LogP contribution in [-0.4, -0.2) is 26.1 Å². The van der Waals surface area contributed by atoms with Crippen LogP contribution >= 0.6 is 0 Å². The molecule has 2 N–H and O–H groups in total. The zero-order valence-corrected chi connectivity index (χ0v) is 7.60. The van der Waals surface area contributed by atoms with Crippen LogP contribution in [0.25, 0.3) is 0 Å². The Balaban J connectivity index is -0.0000000171. The molecule has 6 nitrogen and oxygen atoms in total. The second-order valence-electron chi connectivity index (χ2n) is 0.571. The topological polar surface area (TPSA) is 127 Å². The minimum absolute atomic E-state index is 0. The van der Waals surface area contributed by atoms with Gasteiger partial charge in [0, 0.05) is 0 Å². The molecule has 11 heavy (non-hydrogen) atoms. The van der Waals surface area contributed by atoms with Crippen molar-refractivity contribution in [1.82, 2.24) is 0 Å². The molecule has 0 aliphatic carbocycles. The molecule has 0 aliphatic heterocycles. The molecule has 0 atom stereocenters. The van der Waals surface area contributed by atoms with Gasteiger partial charge < -0.3 is 24.7 Å². The Bertz CT molecular complexity index is 62.1. The first-order valence-corrected chi connectivity index (χ1v) is 2.66. The Morgan fingerprint density at radius 1 is 1.00 bits per heavy atom. The van der Waals surface area contributed by atoms with Crippen molar-refractivity contribution in [1.29, 1.82) is 0 Å². The fourth-order valence-electron chi connectivity index (χ4n) is 0. The van der Waals surface area contributed by atoms with Crippen molar-refractivity contribution >= 4 is 16.5 Å². The molecule has 0 radical (unpaired) electrons. The van der Waals surface area contributed by atoms with E-state index in [0.29, 0.717) is 0 Å². The van der Waals surface area contributed by atoms with E-state index in [-0.39, 0.29) is 56.6 Å². The van der Waals surface area contributed by atoms with E-state index in [4.69, 9.17) is 29.1 Å². The van der Waals surface area contributed by atoms with E-state index in [2.05, 4.69) is 0 Å². The monoisotopic (exact) mass is 158 g/mol. The van der Waals surface area contributed by atoms with Gasteiger partial charge in [-0.1, -0.05) is 0 Å². The Labute approximate surface area is 102 Å². The molecular formula is H2BLi3O6Si. The van der Waals surface area contributed by atoms with Crippen LogP contribution in [-0.2, 0) is 4.46 Å². The minimum atomic E-state index is -3.13. The van der Waals surface area contributed by atoms with Gasteiger partial charge in [-0.05, 0) is 0 Å². The van der Waals surface area contributed by atoms with E-state index in [0.717, 1.165) is 0 Å². The fraction of sp³-hybridized carbons (Fsp3) is 0. The van der Waals surface area contributed by atoms with Crippen molar-refractivity contribution in [2.45, 2.75) is 0 Å². The maximum atomic E-state index is 8.74. The van der Waals surface area contributed by atoms with Crippen LogP contribution in [0.3, 0.4) is 0 Å². The number of hydrogen-bond donors (Lipinski definition) is 2. The van der Waals surface area contributed by atoms with Crippen molar-refractivity contribution < 1.29 is 85.7 Å². The Kier molecular flexibility index (Phi) is 60.3. The molecule has 0 aromatic carbocycles. The van der Waals surface area contributed by atoms with Gasteiger partial charge in [-0.3, -0.25) is 11.8 Å². The van der Waals surface area contributed by atoms with Crippen LogP contribution in [0.4, 0.5) is 0 Å². The van der Waals surface area contributed by atoms with Crippen molar-refractivity contribution in [3.63, 3.8) is 0 Å². The van der Waals surface area contributed by atoms with E-state index < -0.39 is 16.5 Å². The van der Waals surface area contributed by atoms with Gasteiger partial charge in [0.15, 0.2) is 0 Å². The van der Waals surface area contributed by atoms with Crippen LogP contribution in [0.15, 0.2) is 0 Å². The predicted octanol–water partition coefficient (Wildman–Crippen LogP) is -14.5. The van der Waals surface area contributed by atoms with Gasteiger partial charge in [0.2, 0.25) is 0 Å². The molecule has 0 aliphatic rings. The summed E-state index contributed by atoms with van der Waals surface area (Å²) in [6.45, 7) is 0. The van der Waals surface area contributed by atoms with Crippen LogP contribution in [0, 0.1) is 0 Å². The first-order valence-electron chi connectivity index (χ1n) is 1.36. The molecule has 0 saturated carbocycles. The Morgan fingerprint density at radius 3 is 1.00 bits per heavy atom. The molecule has 48 valence electrons. The van der Waals surface area contributed by atoms with E-state index in [1.54, 1.807) is 0 Å². The van der Waals surface area contributed by atoms with Gasteiger partial charge in [0.25, 0.3) is 0 Å². The van der Waals surface area contributed by atoms with Gasteiger partial charge in [-0.2, -0.15) is 0 Å². The van der Waals surface area contributed by atoms with Crippen molar-refractivity contribution in [2.75, 3.05) is 0 Å². The third-order valence-electron chi connectivity index (χ3n) is 0. The SMILES string of the molecule is O=[Si](O)O.[Li+].[Li+].[Li+].[O-]B([O-])[O-]. The first-order chi connectivity index (χ1) is 3.46. The molecule has 0 aromatic heterocycles. The molecule has 0 amide bonds. The third-order valence-corrected chi connectivity index (χ3v) is 0. The van der Waals surface area contributed by atoms with Crippen LogP contribution in [0.5, 0.6) is 0 Å². The van der Waals surface area contributed by atoms with Gasteiger partial charge in [0.1, 0.15) is 0 Å². The molecule has 11 heteroatoms. The maximum Gasteiger partial charge on any atom is 1.00 e. The Hall–Kier alpha value is 1.35. The fourth-order valence-corrected chi connectivity index (χ4v) is 0. The molecule has 0 rings (SSSR count). The van der Waals surface area contributed by atoms with E-state index >= 15 is 0 Å². The molecule has 0 fully saturated rings. The van der Waals surface area contributed by atoms with Gasteiger partial charge >= 0.3 is 65.8 Å².